The van der Waals surface area contributed by atoms with Crippen molar-refractivity contribution in [3.8, 4) is 6.07 Å². The van der Waals surface area contributed by atoms with Crippen LogP contribution >= 0.6 is 11.6 Å². The second-order valence-corrected chi connectivity index (χ2v) is 6.65. The summed E-state index contributed by atoms with van der Waals surface area (Å²) in [4.78, 5) is 4.34. The fourth-order valence-electron chi connectivity index (χ4n) is 3.24. The van der Waals surface area contributed by atoms with Crippen LogP contribution in [-0.2, 0) is 7.05 Å². The molecule has 24 heavy (non-hydrogen) atoms. The first-order valence-electron chi connectivity index (χ1n) is 7.82. The lowest BCUT2D eigenvalue weighted by Gasteiger charge is -2.16. The minimum Gasteiger partial charge on any atom is -0.393 e. The number of hydrogen-bond acceptors (Lipinski definition) is 6. The van der Waals surface area contributed by atoms with Gasteiger partial charge in [0.25, 0.3) is 0 Å². The van der Waals surface area contributed by atoms with Crippen LogP contribution in [0.25, 0.3) is 0 Å². The fraction of sp³-hybridized carbons (Fsp3) is 0.500. The molecule has 0 bridgehead atoms. The number of pyridine rings is 1. The van der Waals surface area contributed by atoms with Gasteiger partial charge in [-0.2, -0.15) is 5.26 Å². The molecule has 2 heterocycles. The molecular weight excluding hydrogens is 328 g/mol. The maximum atomic E-state index is 10.3. The third-order valence-corrected chi connectivity index (χ3v) is 4.88. The number of nitriles is 1. The third-order valence-electron chi connectivity index (χ3n) is 4.59. The molecule has 1 aliphatic carbocycles. The van der Waals surface area contributed by atoms with Crippen LogP contribution < -0.4 is 5.32 Å². The van der Waals surface area contributed by atoms with Gasteiger partial charge < -0.3 is 15.0 Å². The smallest absolute Gasteiger partial charge is 0.145 e. The Morgan fingerprint density at radius 2 is 2.29 bits per heavy atom. The number of rotatable bonds is 4. The zero-order chi connectivity index (χ0) is 17.3. The molecule has 0 aromatic carbocycles. The van der Waals surface area contributed by atoms with Gasteiger partial charge >= 0.3 is 0 Å². The minimum atomic E-state index is -0.405. The topological polar surface area (TPSA) is 99.7 Å². The number of aliphatic hydroxyl groups excluding tert-OH is 1. The Hall–Kier alpha value is -2.17. The molecule has 0 radical (unpaired) electrons. The van der Waals surface area contributed by atoms with Gasteiger partial charge in [-0.1, -0.05) is 11.6 Å². The van der Waals surface area contributed by atoms with Crippen molar-refractivity contribution >= 4 is 17.4 Å². The van der Waals surface area contributed by atoms with Crippen molar-refractivity contribution in [3.05, 3.63) is 34.5 Å². The number of aromatic nitrogens is 4. The molecule has 7 nitrogen and oxygen atoms in total. The summed E-state index contributed by atoms with van der Waals surface area (Å²) in [5.41, 5.74) is 1.10. The highest BCUT2D eigenvalue weighted by Crippen LogP contribution is 2.37. The normalized spacial score (nSPS) is 23.2. The minimum absolute atomic E-state index is 0.0838. The van der Waals surface area contributed by atoms with E-state index in [4.69, 9.17) is 16.9 Å². The zero-order valence-corrected chi connectivity index (χ0v) is 14.3. The average Bonchev–Trinajstić information content (AvgIpc) is 3.13. The molecule has 0 spiro atoms. The lowest BCUT2D eigenvalue weighted by molar-refractivity contribution is 0.137. The second-order valence-electron chi connectivity index (χ2n) is 6.24. The predicted molar refractivity (Wildman–Crippen MR) is 89.7 cm³/mol. The second kappa shape index (κ2) is 6.75. The van der Waals surface area contributed by atoms with Crippen molar-refractivity contribution in [1.29, 1.82) is 5.26 Å². The zero-order valence-electron chi connectivity index (χ0n) is 13.6. The summed E-state index contributed by atoms with van der Waals surface area (Å²) in [6.45, 7) is 2.34. The number of anilines is 1. The molecule has 0 saturated heterocycles. The molecule has 1 saturated carbocycles. The van der Waals surface area contributed by atoms with E-state index in [1.807, 2.05) is 11.6 Å². The number of aliphatic hydroxyl groups is 1. The van der Waals surface area contributed by atoms with Crippen molar-refractivity contribution in [2.24, 2.45) is 13.0 Å². The molecule has 1 fully saturated rings. The number of nitrogens with one attached hydrogen (secondary N) is 1. The highest BCUT2D eigenvalue weighted by Gasteiger charge is 2.35. The van der Waals surface area contributed by atoms with Crippen molar-refractivity contribution in [2.75, 3.05) is 11.9 Å². The highest BCUT2D eigenvalue weighted by atomic mass is 35.5. The largest absolute Gasteiger partial charge is 0.393 e. The van der Waals surface area contributed by atoms with Gasteiger partial charge in [0.1, 0.15) is 24.0 Å². The van der Waals surface area contributed by atoms with E-state index in [2.05, 4.69) is 26.6 Å². The average molecular weight is 347 g/mol. The Labute approximate surface area is 145 Å². The number of hydrogen-bond donors (Lipinski definition) is 2. The first kappa shape index (κ1) is 16.7. The summed E-state index contributed by atoms with van der Waals surface area (Å²) in [7, 11) is 1.91. The highest BCUT2D eigenvalue weighted by molar-refractivity contribution is 6.33. The van der Waals surface area contributed by atoms with E-state index in [1.54, 1.807) is 19.3 Å². The van der Waals surface area contributed by atoms with Crippen molar-refractivity contribution in [3.63, 3.8) is 0 Å². The van der Waals surface area contributed by atoms with Gasteiger partial charge in [0.2, 0.25) is 0 Å². The molecule has 126 valence electrons. The summed E-state index contributed by atoms with van der Waals surface area (Å²) in [5, 5.41) is 31.0. The van der Waals surface area contributed by atoms with Crippen LogP contribution in [0.15, 0.2) is 12.4 Å². The van der Waals surface area contributed by atoms with E-state index in [0.717, 1.165) is 12.2 Å². The van der Waals surface area contributed by atoms with Crippen LogP contribution in [-0.4, -0.2) is 37.5 Å². The Morgan fingerprint density at radius 1 is 1.50 bits per heavy atom. The van der Waals surface area contributed by atoms with Gasteiger partial charge in [-0.25, -0.2) is 4.98 Å². The summed E-state index contributed by atoms with van der Waals surface area (Å²) < 4.78 is 1.90. The fourth-order valence-corrected chi connectivity index (χ4v) is 3.46. The third kappa shape index (κ3) is 3.21. The van der Waals surface area contributed by atoms with E-state index < -0.39 is 6.10 Å². The maximum Gasteiger partial charge on any atom is 0.145 e. The molecule has 3 atom stereocenters. The van der Waals surface area contributed by atoms with Crippen LogP contribution in [0.2, 0.25) is 5.02 Å². The molecule has 3 rings (SSSR count). The number of aryl methyl sites for hydroxylation is 2. The lowest BCUT2D eigenvalue weighted by Crippen LogP contribution is -2.22. The van der Waals surface area contributed by atoms with Crippen LogP contribution in [0.5, 0.6) is 0 Å². The summed E-state index contributed by atoms with van der Waals surface area (Å²) in [6.07, 6.45) is 2.77. The molecule has 2 aromatic heterocycles. The van der Waals surface area contributed by atoms with Gasteiger partial charge in [0.05, 0.1) is 22.4 Å². The summed E-state index contributed by atoms with van der Waals surface area (Å²) in [6, 6.07) is 3.68. The van der Waals surface area contributed by atoms with E-state index in [9.17, 15) is 5.11 Å². The van der Waals surface area contributed by atoms with Crippen LogP contribution in [0.1, 0.15) is 35.8 Å². The Kier molecular flexibility index (Phi) is 4.69. The monoisotopic (exact) mass is 346 g/mol. The predicted octanol–water partition coefficient (Wildman–Crippen LogP) is 2.01. The summed E-state index contributed by atoms with van der Waals surface area (Å²) in [5.74, 6) is 1.73. The molecular formula is C16H19ClN6O. The lowest BCUT2D eigenvalue weighted by atomic mass is 10.0. The molecule has 8 heteroatoms. The molecule has 2 aromatic rings. The molecule has 2 N–H and O–H groups in total. The SMILES string of the molecule is Cc1nc(NC[C@H]2C[C@H](c3nncn3C)C[C@H]2O)c(Cl)cc1C#N. The van der Waals surface area contributed by atoms with E-state index in [-0.39, 0.29) is 11.8 Å². The van der Waals surface area contributed by atoms with Gasteiger partial charge in [-0.3, -0.25) is 0 Å². The molecule has 1 aliphatic rings. The van der Waals surface area contributed by atoms with E-state index in [0.29, 0.717) is 35.1 Å². The molecule has 0 unspecified atom stereocenters. The summed E-state index contributed by atoms with van der Waals surface area (Å²) >= 11 is 6.17. The van der Waals surface area contributed by atoms with E-state index in [1.165, 1.54) is 0 Å². The van der Waals surface area contributed by atoms with Crippen LogP contribution in [0.3, 0.4) is 0 Å². The quantitative estimate of drug-likeness (QED) is 0.878. The van der Waals surface area contributed by atoms with Gasteiger partial charge in [-0.15, -0.1) is 10.2 Å². The molecule has 0 aliphatic heterocycles. The van der Waals surface area contributed by atoms with E-state index >= 15 is 0 Å². The van der Waals surface area contributed by atoms with Gasteiger partial charge in [0, 0.05) is 25.4 Å². The van der Waals surface area contributed by atoms with Crippen molar-refractivity contribution in [1.82, 2.24) is 19.7 Å². The van der Waals surface area contributed by atoms with Crippen LogP contribution in [0.4, 0.5) is 5.82 Å². The van der Waals surface area contributed by atoms with Gasteiger partial charge in [0.15, 0.2) is 0 Å². The van der Waals surface area contributed by atoms with Crippen molar-refractivity contribution < 1.29 is 5.11 Å². The standard InChI is InChI=1S/C16H19ClN6O/c1-9-11(6-18)4-13(17)15(21-9)19-7-12-3-10(5-14(12)24)16-22-20-8-23(16)2/h4,8,10,12,14,24H,3,5,7H2,1-2H3,(H,19,21)/t10-,12+,14+/m0/s1. The van der Waals surface area contributed by atoms with Crippen molar-refractivity contribution in [2.45, 2.75) is 31.8 Å². The van der Waals surface area contributed by atoms with Crippen LogP contribution in [0, 0.1) is 24.2 Å². The Bertz CT molecular complexity index is 783. The Balaban J connectivity index is 1.66. The number of halogens is 1. The first-order valence-corrected chi connectivity index (χ1v) is 8.20. The number of nitrogens with zero attached hydrogens (tertiary/aromatic N) is 5. The maximum absolute atomic E-state index is 10.3. The first-order chi connectivity index (χ1) is 11.5. The molecule has 0 amide bonds. The van der Waals surface area contributed by atoms with Gasteiger partial charge in [-0.05, 0) is 25.8 Å². The Morgan fingerprint density at radius 3 is 2.96 bits per heavy atom.